The van der Waals surface area contributed by atoms with Gasteiger partial charge in [-0.15, -0.1) is 0 Å². The van der Waals surface area contributed by atoms with Gasteiger partial charge < -0.3 is 15.8 Å². The Morgan fingerprint density at radius 2 is 2.41 bits per heavy atom. The topological polar surface area (TPSA) is 87.6 Å². The number of hydrogen-bond donors (Lipinski definition) is 2. The fraction of sp³-hybridized carbons (Fsp3) is 0.500. The van der Waals surface area contributed by atoms with Crippen LogP contribution >= 0.6 is 15.9 Å². The maximum atomic E-state index is 8.54. The van der Waals surface area contributed by atoms with Crippen LogP contribution in [-0.4, -0.2) is 33.6 Å². The Hall–Kier alpha value is -1.37. The number of oxime groups is 1. The molecule has 1 aliphatic carbocycles. The quantitative estimate of drug-likeness (QED) is 0.371. The van der Waals surface area contributed by atoms with Crippen molar-refractivity contribution in [1.82, 2.24) is 9.97 Å². The smallest absolute Gasteiger partial charge is 0.146 e. The Labute approximate surface area is 108 Å². The third-order valence-corrected chi connectivity index (χ3v) is 3.20. The molecule has 0 aromatic carbocycles. The number of amidine groups is 1. The largest absolute Gasteiger partial charge is 0.409 e. The van der Waals surface area contributed by atoms with Crippen LogP contribution in [0.2, 0.25) is 0 Å². The minimum atomic E-state index is 0.237. The molecule has 17 heavy (non-hydrogen) atoms. The molecule has 7 heteroatoms. The molecule has 0 amide bonds. The minimum Gasteiger partial charge on any atom is -0.409 e. The second kappa shape index (κ2) is 5.31. The molecule has 1 saturated carbocycles. The van der Waals surface area contributed by atoms with Crippen molar-refractivity contribution in [3.63, 3.8) is 0 Å². The highest BCUT2D eigenvalue weighted by atomic mass is 79.9. The van der Waals surface area contributed by atoms with E-state index in [1.807, 2.05) is 0 Å². The summed E-state index contributed by atoms with van der Waals surface area (Å²) < 4.78 is 0.867. The average molecular weight is 300 g/mol. The van der Waals surface area contributed by atoms with Crippen LogP contribution in [0.4, 0.5) is 5.82 Å². The highest BCUT2D eigenvalue weighted by molar-refractivity contribution is 9.10. The van der Waals surface area contributed by atoms with E-state index in [1.54, 1.807) is 6.20 Å². The SMILES string of the molecule is NC(CCN(c1ncncc1Br)C1CC1)=NO. The maximum absolute atomic E-state index is 8.54. The molecular weight excluding hydrogens is 286 g/mol. The molecule has 92 valence electrons. The molecule has 1 aromatic rings. The summed E-state index contributed by atoms with van der Waals surface area (Å²) in [5, 5.41) is 11.5. The predicted octanol–water partition coefficient (Wildman–Crippen LogP) is 1.34. The summed E-state index contributed by atoms with van der Waals surface area (Å²) in [6.07, 6.45) is 6.09. The van der Waals surface area contributed by atoms with Gasteiger partial charge in [0, 0.05) is 25.2 Å². The van der Waals surface area contributed by atoms with Crippen molar-refractivity contribution >= 4 is 27.6 Å². The summed E-state index contributed by atoms with van der Waals surface area (Å²) in [4.78, 5) is 10.4. The monoisotopic (exact) mass is 299 g/mol. The van der Waals surface area contributed by atoms with Crippen molar-refractivity contribution in [3.8, 4) is 0 Å². The van der Waals surface area contributed by atoms with Crippen LogP contribution < -0.4 is 10.6 Å². The van der Waals surface area contributed by atoms with E-state index in [0.29, 0.717) is 19.0 Å². The van der Waals surface area contributed by atoms with E-state index in [2.05, 4.69) is 36.0 Å². The molecule has 1 heterocycles. The van der Waals surface area contributed by atoms with E-state index >= 15 is 0 Å². The van der Waals surface area contributed by atoms with Gasteiger partial charge in [0.1, 0.15) is 18.0 Å². The number of aromatic nitrogens is 2. The highest BCUT2D eigenvalue weighted by Crippen LogP contribution is 2.33. The first-order valence-electron chi connectivity index (χ1n) is 5.41. The Morgan fingerprint density at radius 1 is 1.65 bits per heavy atom. The molecule has 1 aromatic heterocycles. The molecule has 0 radical (unpaired) electrons. The molecule has 0 spiro atoms. The van der Waals surface area contributed by atoms with Gasteiger partial charge >= 0.3 is 0 Å². The van der Waals surface area contributed by atoms with Crippen molar-refractivity contribution in [2.24, 2.45) is 10.9 Å². The van der Waals surface area contributed by atoms with E-state index in [-0.39, 0.29) is 5.84 Å². The maximum Gasteiger partial charge on any atom is 0.146 e. The summed E-state index contributed by atoms with van der Waals surface area (Å²) in [5.41, 5.74) is 5.49. The molecule has 3 N–H and O–H groups in total. The second-order valence-corrected chi connectivity index (χ2v) is 4.81. The Balaban J connectivity index is 2.10. The molecular formula is C10H14BrN5O. The van der Waals surface area contributed by atoms with E-state index in [0.717, 1.165) is 23.1 Å². The number of halogens is 1. The minimum absolute atomic E-state index is 0.237. The zero-order valence-corrected chi connectivity index (χ0v) is 10.8. The van der Waals surface area contributed by atoms with E-state index in [4.69, 9.17) is 10.9 Å². The molecule has 6 nitrogen and oxygen atoms in total. The molecule has 1 fully saturated rings. The standard InChI is InChI=1S/C10H14BrN5O/c11-8-5-13-6-14-10(8)16(7-1-2-7)4-3-9(12)15-17/h5-7,17H,1-4H2,(H2,12,15). The van der Waals surface area contributed by atoms with E-state index < -0.39 is 0 Å². The normalized spacial score (nSPS) is 15.9. The Bertz CT molecular complexity index is 421. The predicted molar refractivity (Wildman–Crippen MR) is 68.1 cm³/mol. The number of nitrogens with two attached hydrogens (primary N) is 1. The first kappa shape index (κ1) is 12.1. The molecule has 0 unspecified atom stereocenters. The lowest BCUT2D eigenvalue weighted by Crippen LogP contribution is -2.31. The van der Waals surface area contributed by atoms with Crippen LogP contribution in [0, 0.1) is 0 Å². The molecule has 2 rings (SSSR count). The van der Waals surface area contributed by atoms with E-state index in [9.17, 15) is 0 Å². The summed E-state index contributed by atoms with van der Waals surface area (Å²) in [5.74, 6) is 1.11. The fourth-order valence-corrected chi connectivity index (χ4v) is 2.10. The van der Waals surface area contributed by atoms with Crippen LogP contribution in [0.3, 0.4) is 0 Å². The van der Waals surface area contributed by atoms with Crippen LogP contribution in [0.5, 0.6) is 0 Å². The highest BCUT2D eigenvalue weighted by Gasteiger charge is 2.30. The van der Waals surface area contributed by atoms with Crippen molar-refractivity contribution in [2.75, 3.05) is 11.4 Å². The third-order valence-electron chi connectivity index (χ3n) is 2.65. The fourth-order valence-electron chi connectivity index (χ4n) is 1.65. The van der Waals surface area contributed by atoms with Gasteiger partial charge in [0.2, 0.25) is 0 Å². The molecule has 0 saturated heterocycles. The van der Waals surface area contributed by atoms with Crippen molar-refractivity contribution < 1.29 is 5.21 Å². The summed E-state index contributed by atoms with van der Waals surface area (Å²) in [7, 11) is 0. The Morgan fingerprint density at radius 3 is 3.00 bits per heavy atom. The number of nitrogens with zero attached hydrogens (tertiary/aromatic N) is 4. The number of rotatable bonds is 5. The van der Waals surface area contributed by atoms with Crippen molar-refractivity contribution in [2.45, 2.75) is 25.3 Å². The second-order valence-electron chi connectivity index (χ2n) is 3.96. The summed E-state index contributed by atoms with van der Waals surface area (Å²) >= 11 is 3.44. The summed E-state index contributed by atoms with van der Waals surface area (Å²) in [6.45, 7) is 0.691. The van der Waals surface area contributed by atoms with Crippen LogP contribution in [0.1, 0.15) is 19.3 Å². The van der Waals surface area contributed by atoms with Crippen molar-refractivity contribution in [1.29, 1.82) is 0 Å². The molecule has 0 atom stereocenters. The Kier molecular flexibility index (Phi) is 3.78. The van der Waals surface area contributed by atoms with Crippen LogP contribution in [-0.2, 0) is 0 Å². The van der Waals surface area contributed by atoms with Crippen molar-refractivity contribution in [3.05, 3.63) is 17.0 Å². The van der Waals surface area contributed by atoms with Gasteiger partial charge in [-0.3, -0.25) is 0 Å². The number of anilines is 1. The van der Waals surface area contributed by atoms with Gasteiger partial charge in [-0.1, -0.05) is 5.16 Å². The van der Waals surface area contributed by atoms with Gasteiger partial charge in [-0.2, -0.15) is 0 Å². The van der Waals surface area contributed by atoms with E-state index in [1.165, 1.54) is 6.33 Å². The zero-order chi connectivity index (χ0) is 12.3. The molecule has 0 aliphatic heterocycles. The first-order chi connectivity index (χ1) is 8.22. The average Bonchev–Trinajstić information content (AvgIpc) is 3.15. The lowest BCUT2D eigenvalue weighted by molar-refractivity contribution is 0.317. The summed E-state index contributed by atoms with van der Waals surface area (Å²) in [6, 6.07) is 0.507. The van der Waals surface area contributed by atoms with Crippen LogP contribution in [0.25, 0.3) is 0 Å². The van der Waals surface area contributed by atoms with Gasteiger partial charge in [-0.05, 0) is 28.8 Å². The number of hydrogen-bond acceptors (Lipinski definition) is 5. The first-order valence-corrected chi connectivity index (χ1v) is 6.20. The molecule has 0 bridgehead atoms. The van der Waals surface area contributed by atoms with Gasteiger partial charge in [0.05, 0.1) is 4.47 Å². The lowest BCUT2D eigenvalue weighted by atomic mass is 10.3. The van der Waals surface area contributed by atoms with Gasteiger partial charge in [0.15, 0.2) is 0 Å². The van der Waals surface area contributed by atoms with Crippen LogP contribution in [0.15, 0.2) is 22.2 Å². The van der Waals surface area contributed by atoms with Gasteiger partial charge in [-0.25, -0.2) is 9.97 Å². The van der Waals surface area contributed by atoms with Gasteiger partial charge in [0.25, 0.3) is 0 Å². The third kappa shape index (κ3) is 3.06. The zero-order valence-electron chi connectivity index (χ0n) is 9.25. The molecule has 1 aliphatic rings. The lowest BCUT2D eigenvalue weighted by Gasteiger charge is -2.23.